The third-order valence-electron chi connectivity index (χ3n) is 4.72. The van der Waals surface area contributed by atoms with E-state index >= 15 is 0 Å². The second-order valence-corrected chi connectivity index (χ2v) is 10.1. The van der Waals surface area contributed by atoms with E-state index in [4.69, 9.17) is 16.3 Å². The Kier molecular flexibility index (Phi) is 7.52. The van der Waals surface area contributed by atoms with Gasteiger partial charge < -0.3 is 15.2 Å². The number of hydrogen-bond acceptors (Lipinski definition) is 6. The van der Waals surface area contributed by atoms with Crippen LogP contribution in [0.2, 0.25) is 0 Å². The molecule has 28 heavy (non-hydrogen) atoms. The lowest BCUT2D eigenvalue weighted by Crippen LogP contribution is -2.46. The number of nitrogens with one attached hydrogen (secondary N) is 1. The van der Waals surface area contributed by atoms with Crippen LogP contribution in [0.3, 0.4) is 0 Å². The van der Waals surface area contributed by atoms with E-state index in [1.165, 1.54) is 0 Å². The van der Waals surface area contributed by atoms with Crippen LogP contribution in [0.5, 0.6) is 5.75 Å². The van der Waals surface area contributed by atoms with E-state index in [9.17, 15) is 18.3 Å². The number of anilines is 2. The number of pyridine rings is 1. The zero-order valence-electron chi connectivity index (χ0n) is 16.6. The van der Waals surface area contributed by atoms with Crippen molar-refractivity contribution in [3.8, 4) is 5.75 Å². The molecule has 0 saturated heterocycles. The summed E-state index contributed by atoms with van der Waals surface area (Å²) in [6.07, 6.45) is -0.415. The van der Waals surface area contributed by atoms with Crippen LogP contribution in [0, 0.1) is 11.8 Å². The normalized spacial score (nSPS) is 19.0. The number of amides is 1. The maximum atomic E-state index is 12.8. The number of aromatic nitrogens is 1. The Bertz CT molecular complexity index is 800. The first-order valence-corrected chi connectivity index (χ1v) is 11.3. The van der Waals surface area contributed by atoms with Gasteiger partial charge in [0.25, 0.3) is 0 Å². The third-order valence-corrected chi connectivity index (χ3v) is 6.68. The van der Waals surface area contributed by atoms with Crippen molar-refractivity contribution in [2.24, 2.45) is 11.8 Å². The van der Waals surface area contributed by atoms with Crippen LogP contribution in [0.15, 0.2) is 12.1 Å². The predicted molar refractivity (Wildman–Crippen MR) is 109 cm³/mol. The number of carbonyl (C=O) groups is 1. The molecule has 0 spiro atoms. The largest absolute Gasteiger partial charge is 0.482 e. The highest BCUT2D eigenvalue weighted by atomic mass is 35.5. The van der Waals surface area contributed by atoms with Gasteiger partial charge in [-0.3, -0.25) is 4.79 Å². The van der Waals surface area contributed by atoms with E-state index in [0.29, 0.717) is 0 Å². The van der Waals surface area contributed by atoms with Crippen LogP contribution >= 0.6 is 11.6 Å². The van der Waals surface area contributed by atoms with Crippen molar-refractivity contribution in [1.29, 1.82) is 0 Å². The number of sulfonamides is 1. The molecule has 0 saturated carbocycles. The van der Waals surface area contributed by atoms with Gasteiger partial charge in [0, 0.05) is 11.3 Å². The number of ether oxygens (including phenoxy) is 1. The van der Waals surface area contributed by atoms with Crippen molar-refractivity contribution in [1.82, 2.24) is 4.98 Å². The van der Waals surface area contributed by atoms with Gasteiger partial charge in [0.1, 0.15) is 11.9 Å². The molecule has 3 atom stereocenters. The zero-order chi connectivity index (χ0) is 21.1. The minimum Gasteiger partial charge on any atom is -0.482 e. The molecule has 0 bridgehead atoms. The second kappa shape index (κ2) is 9.28. The van der Waals surface area contributed by atoms with E-state index in [1.54, 1.807) is 19.1 Å². The fourth-order valence-corrected chi connectivity index (χ4v) is 4.47. The molecule has 0 radical (unpaired) electrons. The maximum Gasteiger partial charge on any atom is 0.236 e. The summed E-state index contributed by atoms with van der Waals surface area (Å²) in [6.45, 7) is 7.04. The van der Waals surface area contributed by atoms with Crippen molar-refractivity contribution in [2.75, 3.05) is 28.5 Å². The van der Waals surface area contributed by atoms with Gasteiger partial charge in [0.05, 0.1) is 18.9 Å². The predicted octanol–water partition coefficient (Wildman–Crippen LogP) is 2.22. The molecule has 8 nitrogen and oxygen atoms in total. The molecule has 2 rings (SSSR count). The molecule has 2 N–H and O–H groups in total. The van der Waals surface area contributed by atoms with Gasteiger partial charge in [-0.2, -0.15) is 0 Å². The number of carbonyl (C=O) groups excluding carboxylic acids is 1. The molecule has 2 heterocycles. The summed E-state index contributed by atoms with van der Waals surface area (Å²) in [6, 6.07) is 3.10. The molecule has 158 valence electrons. The van der Waals surface area contributed by atoms with Gasteiger partial charge in [-0.05, 0) is 31.4 Å². The number of halogens is 1. The Morgan fingerprint density at radius 1 is 1.39 bits per heavy atom. The molecule has 0 aliphatic carbocycles. The summed E-state index contributed by atoms with van der Waals surface area (Å²) < 4.78 is 32.4. The first kappa shape index (κ1) is 22.7. The van der Waals surface area contributed by atoms with E-state index < -0.39 is 16.1 Å². The second-order valence-electron chi connectivity index (χ2n) is 7.38. The summed E-state index contributed by atoms with van der Waals surface area (Å²) in [5, 5.41) is 11.9. The van der Waals surface area contributed by atoms with Crippen molar-refractivity contribution in [3.63, 3.8) is 0 Å². The van der Waals surface area contributed by atoms with E-state index in [0.717, 1.165) is 4.31 Å². The average Bonchev–Trinajstić information content (AvgIpc) is 2.64. The molecule has 0 fully saturated rings. The highest BCUT2D eigenvalue weighted by Gasteiger charge is 2.35. The summed E-state index contributed by atoms with van der Waals surface area (Å²) >= 11 is 5.91. The Morgan fingerprint density at radius 2 is 2.07 bits per heavy atom. The first-order chi connectivity index (χ1) is 13.0. The average molecular weight is 434 g/mol. The Labute approximate surface area is 171 Å². The van der Waals surface area contributed by atoms with E-state index in [1.807, 2.05) is 20.8 Å². The van der Waals surface area contributed by atoms with Crippen LogP contribution in [0.1, 0.15) is 34.1 Å². The molecule has 1 unspecified atom stereocenters. The molecule has 0 aromatic carbocycles. The van der Waals surface area contributed by atoms with Gasteiger partial charge in [-0.1, -0.05) is 20.8 Å². The van der Waals surface area contributed by atoms with Crippen LogP contribution in [-0.2, 0) is 14.8 Å². The molecule has 10 heteroatoms. The van der Waals surface area contributed by atoms with Crippen LogP contribution in [-0.4, -0.2) is 54.8 Å². The highest BCUT2D eigenvalue weighted by Crippen LogP contribution is 2.35. The molecule has 1 amide bonds. The van der Waals surface area contributed by atoms with Gasteiger partial charge >= 0.3 is 0 Å². The third kappa shape index (κ3) is 5.48. The number of aliphatic hydroxyl groups is 1. The van der Waals surface area contributed by atoms with Crippen molar-refractivity contribution in [2.45, 2.75) is 45.6 Å². The first-order valence-electron chi connectivity index (χ1n) is 9.29. The van der Waals surface area contributed by atoms with E-state index in [2.05, 4.69) is 10.3 Å². The van der Waals surface area contributed by atoms with Gasteiger partial charge in [0.15, 0.2) is 11.6 Å². The fourth-order valence-electron chi connectivity index (χ4n) is 2.57. The topological polar surface area (TPSA) is 109 Å². The number of hydrogen-bond donors (Lipinski definition) is 2. The Morgan fingerprint density at radius 3 is 2.64 bits per heavy atom. The van der Waals surface area contributed by atoms with Crippen LogP contribution < -0.4 is 14.4 Å². The van der Waals surface area contributed by atoms with Crippen molar-refractivity contribution < 1.29 is 23.1 Å². The number of rotatable bonds is 8. The highest BCUT2D eigenvalue weighted by molar-refractivity contribution is 7.92. The Hall–Kier alpha value is -1.58. The SMILES string of the molecule is CC(Cl)CCS(=O)(=O)N1C[C@H](CO)Oc2ccc(NC(=O)[C@@H](C)C(C)C)nc21. The van der Waals surface area contributed by atoms with Gasteiger partial charge in [-0.15, -0.1) is 11.6 Å². The quantitative estimate of drug-likeness (QED) is 0.608. The van der Waals surface area contributed by atoms with Crippen molar-refractivity contribution in [3.05, 3.63) is 12.1 Å². The number of nitrogens with zero attached hydrogens (tertiary/aromatic N) is 2. The van der Waals surface area contributed by atoms with Crippen molar-refractivity contribution >= 4 is 39.2 Å². The number of fused-ring (bicyclic) bond motifs is 1. The molecule has 1 aliphatic heterocycles. The maximum absolute atomic E-state index is 12.8. The van der Waals surface area contributed by atoms with Crippen LogP contribution in [0.4, 0.5) is 11.6 Å². The molecule has 1 aliphatic rings. The minimum atomic E-state index is -3.73. The number of aliphatic hydroxyl groups excluding tert-OH is 1. The summed E-state index contributed by atoms with van der Waals surface area (Å²) in [4.78, 5) is 16.6. The lowest BCUT2D eigenvalue weighted by molar-refractivity contribution is -0.120. The van der Waals surface area contributed by atoms with Gasteiger partial charge in [0.2, 0.25) is 15.9 Å². The Balaban J connectivity index is 2.34. The molecular formula is C18H28ClN3O5S. The summed E-state index contributed by atoms with van der Waals surface area (Å²) in [5.41, 5.74) is 0. The van der Waals surface area contributed by atoms with Crippen LogP contribution in [0.25, 0.3) is 0 Å². The smallest absolute Gasteiger partial charge is 0.236 e. The summed E-state index contributed by atoms with van der Waals surface area (Å²) in [5.74, 6) is 0.159. The molecule has 1 aromatic rings. The lowest BCUT2D eigenvalue weighted by Gasteiger charge is -2.34. The zero-order valence-corrected chi connectivity index (χ0v) is 18.1. The fraction of sp³-hybridized carbons (Fsp3) is 0.667. The minimum absolute atomic E-state index is 0.0602. The lowest BCUT2D eigenvalue weighted by atomic mass is 9.97. The van der Waals surface area contributed by atoms with E-state index in [-0.39, 0.29) is 65.8 Å². The summed E-state index contributed by atoms with van der Waals surface area (Å²) in [7, 11) is -3.73. The number of alkyl halides is 1. The molecule has 1 aromatic heterocycles. The standard InChI is InChI=1S/C18H28ClN3O5S/c1-11(2)13(4)18(24)21-16-6-5-15-17(20-16)22(9-14(10-23)27-15)28(25,26)8-7-12(3)19/h5-6,11-14,23H,7-10H2,1-4H3,(H,20,21,24)/t12?,13-,14+/m0/s1. The van der Waals surface area contributed by atoms with Gasteiger partial charge in [-0.25, -0.2) is 17.7 Å². The molecular weight excluding hydrogens is 406 g/mol. The monoisotopic (exact) mass is 433 g/mol.